The highest BCUT2D eigenvalue weighted by Gasteiger charge is 2.11. The largest absolute Gasteiger partial charge is 0.326 e. The lowest BCUT2D eigenvalue weighted by molar-refractivity contribution is 0.101. The molecule has 4 rings (SSSR count). The first-order valence-corrected chi connectivity index (χ1v) is 10.6. The smallest absolute Gasteiger partial charge is 0.255 e. The van der Waals surface area contributed by atoms with Crippen molar-refractivity contribution in [3.05, 3.63) is 101 Å². The number of anilines is 2. The quantitative estimate of drug-likeness (QED) is 0.479. The van der Waals surface area contributed by atoms with E-state index < -0.39 is 0 Å². The predicted molar refractivity (Wildman–Crippen MR) is 129 cm³/mol. The van der Waals surface area contributed by atoms with Gasteiger partial charge in [-0.15, -0.1) is 0 Å². The number of hydrogen-bond acceptors (Lipinski definition) is 4. The molecule has 0 fully saturated rings. The molecule has 0 saturated carbocycles. The summed E-state index contributed by atoms with van der Waals surface area (Å²) in [6.45, 7) is 2.33. The Morgan fingerprint density at radius 3 is 1.78 bits per heavy atom. The molecule has 32 heavy (non-hydrogen) atoms. The molecule has 3 aromatic carbocycles. The van der Waals surface area contributed by atoms with Crippen molar-refractivity contribution in [2.45, 2.75) is 13.0 Å². The zero-order valence-electron chi connectivity index (χ0n) is 17.7. The Bertz CT molecular complexity index is 1120. The van der Waals surface area contributed by atoms with Gasteiger partial charge in [-0.3, -0.25) is 9.59 Å². The standard InChI is InChI=1S/C26H26N4O2/c27-17-18-1-9-23(10-2-18)29-25(31)21-3-5-22(6-4-21)26(32)30-24-11-7-19(8-12-24)20-13-15-28-16-14-20/h1-13,28H,14-17,27H2,(H,29,31)(H,30,32). The van der Waals surface area contributed by atoms with Gasteiger partial charge in [0, 0.05) is 35.6 Å². The first-order valence-electron chi connectivity index (χ1n) is 10.6. The van der Waals surface area contributed by atoms with Crippen LogP contribution in [0.25, 0.3) is 5.57 Å². The molecule has 1 heterocycles. The minimum atomic E-state index is -0.236. The molecule has 1 aliphatic heterocycles. The summed E-state index contributed by atoms with van der Waals surface area (Å²) >= 11 is 0. The van der Waals surface area contributed by atoms with E-state index in [1.807, 2.05) is 48.5 Å². The van der Waals surface area contributed by atoms with Crippen molar-refractivity contribution in [1.82, 2.24) is 5.32 Å². The number of rotatable bonds is 6. The first-order chi connectivity index (χ1) is 15.6. The van der Waals surface area contributed by atoms with Gasteiger partial charge in [0.05, 0.1) is 0 Å². The molecule has 0 unspecified atom stereocenters. The fourth-order valence-corrected chi connectivity index (χ4v) is 3.56. The number of hydrogen-bond donors (Lipinski definition) is 4. The van der Waals surface area contributed by atoms with Gasteiger partial charge < -0.3 is 21.7 Å². The third kappa shape index (κ3) is 5.29. The summed E-state index contributed by atoms with van der Waals surface area (Å²) in [6, 6.07) is 21.8. The minimum absolute atomic E-state index is 0.219. The average molecular weight is 427 g/mol. The lowest BCUT2D eigenvalue weighted by Gasteiger charge is -2.14. The molecule has 162 valence electrons. The Hall–Kier alpha value is -3.74. The second kappa shape index (κ2) is 10.0. The second-order valence-corrected chi connectivity index (χ2v) is 7.65. The highest BCUT2D eigenvalue weighted by Crippen LogP contribution is 2.22. The number of benzene rings is 3. The fraction of sp³-hybridized carbons (Fsp3) is 0.154. The third-order valence-electron chi connectivity index (χ3n) is 5.43. The maximum atomic E-state index is 12.6. The van der Waals surface area contributed by atoms with E-state index in [1.54, 1.807) is 24.3 Å². The first kappa shape index (κ1) is 21.5. The normalized spacial score (nSPS) is 13.2. The predicted octanol–water partition coefficient (Wildman–Crippen LogP) is 4.03. The summed E-state index contributed by atoms with van der Waals surface area (Å²) in [6.07, 6.45) is 3.20. The lowest BCUT2D eigenvalue weighted by Crippen LogP contribution is -2.20. The molecule has 6 nitrogen and oxygen atoms in total. The molecular weight excluding hydrogens is 400 g/mol. The maximum Gasteiger partial charge on any atom is 0.255 e. The summed E-state index contributed by atoms with van der Waals surface area (Å²) in [5, 5.41) is 9.05. The van der Waals surface area contributed by atoms with Gasteiger partial charge in [-0.25, -0.2) is 0 Å². The van der Waals surface area contributed by atoms with Crippen LogP contribution in [0.5, 0.6) is 0 Å². The molecule has 6 heteroatoms. The summed E-state index contributed by atoms with van der Waals surface area (Å²) in [5.74, 6) is -0.455. The third-order valence-corrected chi connectivity index (χ3v) is 5.43. The van der Waals surface area contributed by atoms with Gasteiger partial charge in [-0.05, 0) is 78.2 Å². The van der Waals surface area contributed by atoms with E-state index in [4.69, 9.17) is 5.73 Å². The van der Waals surface area contributed by atoms with Crippen LogP contribution in [0.3, 0.4) is 0 Å². The molecule has 0 aliphatic carbocycles. The summed E-state index contributed by atoms with van der Waals surface area (Å²) < 4.78 is 0. The molecule has 0 spiro atoms. The van der Waals surface area contributed by atoms with E-state index in [2.05, 4.69) is 22.0 Å². The van der Waals surface area contributed by atoms with Crippen LogP contribution in [0.4, 0.5) is 11.4 Å². The Morgan fingerprint density at radius 1 is 0.781 bits per heavy atom. The van der Waals surface area contributed by atoms with Crippen molar-refractivity contribution < 1.29 is 9.59 Å². The van der Waals surface area contributed by atoms with Crippen molar-refractivity contribution >= 4 is 28.8 Å². The summed E-state index contributed by atoms with van der Waals surface area (Å²) in [5.41, 5.74) is 11.5. The van der Waals surface area contributed by atoms with Crippen LogP contribution < -0.4 is 21.7 Å². The van der Waals surface area contributed by atoms with E-state index in [9.17, 15) is 9.59 Å². The number of nitrogens with two attached hydrogens (primary N) is 1. The van der Waals surface area contributed by atoms with Crippen LogP contribution in [-0.4, -0.2) is 24.9 Å². The van der Waals surface area contributed by atoms with E-state index >= 15 is 0 Å². The van der Waals surface area contributed by atoms with E-state index in [1.165, 1.54) is 11.1 Å². The Morgan fingerprint density at radius 2 is 1.31 bits per heavy atom. The van der Waals surface area contributed by atoms with Crippen LogP contribution in [0.2, 0.25) is 0 Å². The number of carbonyl (C=O) groups is 2. The molecule has 0 radical (unpaired) electrons. The Labute approximate surface area is 187 Å². The van der Waals surface area contributed by atoms with Gasteiger partial charge in [-0.2, -0.15) is 0 Å². The highest BCUT2D eigenvalue weighted by molar-refractivity contribution is 6.07. The molecule has 0 atom stereocenters. The average Bonchev–Trinajstić information content (AvgIpc) is 2.85. The van der Waals surface area contributed by atoms with Crippen molar-refractivity contribution in [3.63, 3.8) is 0 Å². The van der Waals surface area contributed by atoms with Gasteiger partial charge in [0.25, 0.3) is 11.8 Å². The SMILES string of the molecule is NCc1ccc(NC(=O)c2ccc(C(=O)Nc3ccc(C4=CCNCC4)cc3)cc2)cc1. The van der Waals surface area contributed by atoms with Gasteiger partial charge >= 0.3 is 0 Å². The van der Waals surface area contributed by atoms with Gasteiger partial charge in [0.1, 0.15) is 0 Å². The van der Waals surface area contributed by atoms with Crippen molar-refractivity contribution in [1.29, 1.82) is 0 Å². The van der Waals surface area contributed by atoms with E-state index in [0.29, 0.717) is 23.4 Å². The lowest BCUT2D eigenvalue weighted by atomic mass is 10.00. The molecule has 5 N–H and O–H groups in total. The Kier molecular flexibility index (Phi) is 6.75. The zero-order valence-corrected chi connectivity index (χ0v) is 17.7. The Balaban J connectivity index is 1.36. The zero-order chi connectivity index (χ0) is 22.3. The molecule has 0 aromatic heterocycles. The molecule has 1 aliphatic rings. The minimum Gasteiger partial charge on any atom is -0.326 e. The monoisotopic (exact) mass is 426 g/mol. The van der Waals surface area contributed by atoms with Gasteiger partial charge in [0.15, 0.2) is 0 Å². The van der Waals surface area contributed by atoms with Crippen LogP contribution in [-0.2, 0) is 6.54 Å². The number of carbonyl (C=O) groups excluding carboxylic acids is 2. The van der Waals surface area contributed by atoms with Crippen molar-refractivity contribution in [2.24, 2.45) is 5.73 Å². The number of amides is 2. The molecule has 0 saturated heterocycles. The summed E-state index contributed by atoms with van der Waals surface area (Å²) in [7, 11) is 0. The van der Waals surface area contributed by atoms with Gasteiger partial charge in [-0.1, -0.05) is 30.3 Å². The van der Waals surface area contributed by atoms with Crippen LogP contribution in [0.1, 0.15) is 38.3 Å². The number of nitrogens with one attached hydrogen (secondary N) is 3. The topological polar surface area (TPSA) is 96.2 Å². The molecule has 0 bridgehead atoms. The van der Waals surface area contributed by atoms with Crippen molar-refractivity contribution in [2.75, 3.05) is 23.7 Å². The van der Waals surface area contributed by atoms with Gasteiger partial charge in [0.2, 0.25) is 0 Å². The molecule has 2 amide bonds. The van der Waals surface area contributed by atoms with Crippen LogP contribution in [0.15, 0.2) is 78.9 Å². The van der Waals surface area contributed by atoms with E-state index in [0.717, 1.165) is 30.8 Å². The highest BCUT2D eigenvalue weighted by atomic mass is 16.2. The van der Waals surface area contributed by atoms with Crippen LogP contribution >= 0.6 is 0 Å². The summed E-state index contributed by atoms with van der Waals surface area (Å²) in [4.78, 5) is 25.0. The maximum absolute atomic E-state index is 12.6. The fourth-order valence-electron chi connectivity index (χ4n) is 3.56. The second-order valence-electron chi connectivity index (χ2n) is 7.65. The molecule has 3 aromatic rings. The van der Waals surface area contributed by atoms with E-state index in [-0.39, 0.29) is 11.8 Å². The van der Waals surface area contributed by atoms with Crippen molar-refractivity contribution in [3.8, 4) is 0 Å². The van der Waals surface area contributed by atoms with Crippen LogP contribution in [0, 0.1) is 0 Å². The molecular formula is C26H26N4O2.